The molecule has 0 aliphatic rings. The van der Waals surface area contributed by atoms with Gasteiger partial charge in [0.25, 0.3) is 0 Å². The zero-order valence-electron chi connectivity index (χ0n) is 20.6. The molecule has 0 bridgehead atoms. The van der Waals surface area contributed by atoms with Crippen molar-refractivity contribution in [3.63, 3.8) is 0 Å². The molecule has 0 aliphatic carbocycles. The second-order valence-electron chi connectivity index (χ2n) is 8.89. The lowest BCUT2D eigenvalue weighted by molar-refractivity contribution is 1.18. The van der Waals surface area contributed by atoms with Gasteiger partial charge in [-0.3, -0.25) is 0 Å². The lowest BCUT2D eigenvalue weighted by Gasteiger charge is -2.19. The Kier molecular flexibility index (Phi) is 7.22. The van der Waals surface area contributed by atoms with Crippen LogP contribution in [0, 0.1) is 0 Å². The first-order chi connectivity index (χ1) is 18.7. The van der Waals surface area contributed by atoms with Crippen LogP contribution >= 0.6 is 23.9 Å². The summed E-state index contributed by atoms with van der Waals surface area (Å²) >= 11 is 3.54. The SMILES string of the molecule is Brc1ccc(-c2cc(-c3ccc(P(c4ccccc4)c4ccccc4)cc3)nc(-c3ccccc3)n2)cc1. The molecule has 0 N–H and O–H groups in total. The normalized spacial score (nSPS) is 11.0. The summed E-state index contributed by atoms with van der Waals surface area (Å²) < 4.78 is 1.04. The summed E-state index contributed by atoms with van der Waals surface area (Å²) in [4.78, 5) is 9.92. The highest BCUT2D eigenvalue weighted by Gasteiger charge is 2.17. The molecule has 0 saturated heterocycles. The fourth-order valence-electron chi connectivity index (χ4n) is 4.46. The van der Waals surface area contributed by atoms with E-state index in [1.807, 2.05) is 30.3 Å². The van der Waals surface area contributed by atoms with Gasteiger partial charge in [0, 0.05) is 21.2 Å². The zero-order chi connectivity index (χ0) is 25.7. The van der Waals surface area contributed by atoms with Gasteiger partial charge >= 0.3 is 0 Å². The van der Waals surface area contributed by atoms with Crippen LogP contribution < -0.4 is 15.9 Å². The number of aromatic nitrogens is 2. The first-order valence-electron chi connectivity index (χ1n) is 12.5. The molecule has 182 valence electrons. The summed E-state index contributed by atoms with van der Waals surface area (Å²) in [6, 6.07) is 51.0. The van der Waals surface area contributed by atoms with E-state index in [9.17, 15) is 0 Å². The molecule has 0 spiro atoms. The van der Waals surface area contributed by atoms with E-state index in [1.54, 1.807) is 0 Å². The van der Waals surface area contributed by atoms with E-state index in [2.05, 4.69) is 131 Å². The summed E-state index contributed by atoms with van der Waals surface area (Å²) in [6.45, 7) is 0. The van der Waals surface area contributed by atoms with Gasteiger partial charge in [-0.2, -0.15) is 0 Å². The molecular formula is C34H24BrN2P. The third-order valence-electron chi connectivity index (χ3n) is 6.35. The van der Waals surface area contributed by atoms with Gasteiger partial charge < -0.3 is 0 Å². The Morgan fingerprint density at radius 3 is 1.34 bits per heavy atom. The maximum absolute atomic E-state index is 4.99. The van der Waals surface area contributed by atoms with Crippen molar-refractivity contribution in [2.75, 3.05) is 0 Å². The van der Waals surface area contributed by atoms with Gasteiger partial charge in [0.15, 0.2) is 5.82 Å². The third-order valence-corrected chi connectivity index (χ3v) is 9.32. The standard InChI is InChI=1S/C34H24BrN2P/c35-28-20-16-25(17-21-28)32-24-33(37-34(36-32)27-10-4-1-5-11-27)26-18-22-31(23-19-26)38(29-12-6-2-7-13-29)30-14-8-3-9-15-30/h1-24H. The van der Waals surface area contributed by atoms with Gasteiger partial charge in [-0.15, -0.1) is 0 Å². The van der Waals surface area contributed by atoms with Crippen molar-refractivity contribution in [3.8, 4) is 33.9 Å². The second-order valence-corrected chi connectivity index (χ2v) is 12.0. The van der Waals surface area contributed by atoms with Crippen LogP contribution in [0.25, 0.3) is 33.9 Å². The second kappa shape index (κ2) is 11.2. The van der Waals surface area contributed by atoms with Crippen LogP contribution in [0.3, 0.4) is 0 Å². The maximum Gasteiger partial charge on any atom is 0.160 e. The Morgan fingerprint density at radius 2 is 0.842 bits per heavy atom. The molecule has 0 aliphatic heterocycles. The van der Waals surface area contributed by atoms with Crippen LogP contribution in [0.4, 0.5) is 0 Å². The molecular weight excluding hydrogens is 547 g/mol. The van der Waals surface area contributed by atoms with E-state index in [4.69, 9.17) is 9.97 Å². The predicted molar refractivity (Wildman–Crippen MR) is 165 cm³/mol. The highest BCUT2D eigenvalue weighted by molar-refractivity contribution is 9.10. The van der Waals surface area contributed by atoms with E-state index >= 15 is 0 Å². The average molecular weight is 571 g/mol. The highest BCUT2D eigenvalue weighted by atomic mass is 79.9. The molecule has 4 heteroatoms. The molecule has 6 rings (SSSR count). The fourth-order valence-corrected chi connectivity index (χ4v) is 7.01. The number of nitrogens with zero attached hydrogens (tertiary/aromatic N) is 2. The summed E-state index contributed by atoms with van der Waals surface area (Å²) in [5.41, 5.74) is 4.94. The first kappa shape index (κ1) is 24.4. The Hall–Kier alpha value is -3.91. The van der Waals surface area contributed by atoms with Crippen molar-refractivity contribution in [3.05, 3.63) is 150 Å². The topological polar surface area (TPSA) is 25.8 Å². The molecule has 0 saturated carbocycles. The maximum atomic E-state index is 4.99. The van der Waals surface area contributed by atoms with Crippen molar-refractivity contribution in [1.29, 1.82) is 0 Å². The minimum absolute atomic E-state index is 0.652. The van der Waals surface area contributed by atoms with Crippen molar-refractivity contribution >= 4 is 39.8 Å². The Balaban J connectivity index is 1.43. The van der Waals surface area contributed by atoms with Crippen molar-refractivity contribution in [2.45, 2.75) is 0 Å². The molecule has 1 heterocycles. The third kappa shape index (κ3) is 5.36. The average Bonchev–Trinajstić information content (AvgIpc) is 2.99. The van der Waals surface area contributed by atoms with Gasteiger partial charge in [-0.05, 0) is 42.0 Å². The van der Waals surface area contributed by atoms with Crippen LogP contribution in [0.15, 0.2) is 150 Å². The lowest BCUT2D eigenvalue weighted by Crippen LogP contribution is -2.20. The van der Waals surface area contributed by atoms with Gasteiger partial charge in [0.05, 0.1) is 11.4 Å². The molecule has 2 nitrogen and oxygen atoms in total. The van der Waals surface area contributed by atoms with E-state index in [0.717, 1.165) is 38.4 Å². The molecule has 0 atom stereocenters. The first-order valence-corrected chi connectivity index (χ1v) is 14.6. The predicted octanol–water partition coefficient (Wildman–Crippen LogP) is 8.00. The van der Waals surface area contributed by atoms with Crippen LogP contribution in [0.1, 0.15) is 0 Å². The Labute approximate surface area is 233 Å². The number of halogens is 1. The molecule has 1 aromatic heterocycles. The molecule has 0 fully saturated rings. The summed E-state index contributed by atoms with van der Waals surface area (Å²) in [7, 11) is -0.652. The van der Waals surface area contributed by atoms with Crippen LogP contribution in [0.2, 0.25) is 0 Å². The van der Waals surface area contributed by atoms with Gasteiger partial charge in [0.1, 0.15) is 0 Å². The van der Waals surface area contributed by atoms with Gasteiger partial charge in [0.2, 0.25) is 0 Å². The summed E-state index contributed by atoms with van der Waals surface area (Å²) in [6.07, 6.45) is 0. The van der Waals surface area contributed by atoms with E-state index in [1.165, 1.54) is 15.9 Å². The Bertz CT molecular complexity index is 1600. The molecule has 6 aromatic rings. The van der Waals surface area contributed by atoms with Crippen LogP contribution in [-0.2, 0) is 0 Å². The smallest absolute Gasteiger partial charge is 0.160 e. The molecule has 5 aromatic carbocycles. The minimum Gasteiger partial charge on any atom is -0.228 e. The minimum atomic E-state index is -0.652. The summed E-state index contributed by atoms with van der Waals surface area (Å²) in [5.74, 6) is 0.723. The molecule has 0 amide bonds. The fraction of sp³-hybridized carbons (Fsp3) is 0. The van der Waals surface area contributed by atoms with Crippen LogP contribution in [0.5, 0.6) is 0 Å². The zero-order valence-corrected chi connectivity index (χ0v) is 23.1. The number of hydrogen-bond acceptors (Lipinski definition) is 2. The van der Waals surface area contributed by atoms with E-state index < -0.39 is 7.92 Å². The van der Waals surface area contributed by atoms with Crippen LogP contribution in [-0.4, -0.2) is 9.97 Å². The molecule has 38 heavy (non-hydrogen) atoms. The van der Waals surface area contributed by atoms with Gasteiger partial charge in [-0.1, -0.05) is 143 Å². The van der Waals surface area contributed by atoms with Crippen molar-refractivity contribution in [2.24, 2.45) is 0 Å². The largest absolute Gasteiger partial charge is 0.228 e. The number of hydrogen-bond donors (Lipinski definition) is 0. The van der Waals surface area contributed by atoms with E-state index in [-0.39, 0.29) is 0 Å². The monoisotopic (exact) mass is 570 g/mol. The lowest BCUT2D eigenvalue weighted by atomic mass is 10.1. The van der Waals surface area contributed by atoms with Crippen molar-refractivity contribution in [1.82, 2.24) is 9.97 Å². The number of benzene rings is 5. The van der Waals surface area contributed by atoms with Gasteiger partial charge in [-0.25, -0.2) is 9.97 Å². The molecule has 0 radical (unpaired) electrons. The Morgan fingerprint density at radius 1 is 0.421 bits per heavy atom. The summed E-state index contributed by atoms with van der Waals surface area (Å²) in [5, 5.41) is 3.99. The quantitative estimate of drug-likeness (QED) is 0.189. The van der Waals surface area contributed by atoms with E-state index in [0.29, 0.717) is 0 Å². The van der Waals surface area contributed by atoms with Crippen molar-refractivity contribution < 1.29 is 0 Å². The highest BCUT2D eigenvalue weighted by Crippen LogP contribution is 2.34. The number of rotatable bonds is 6. The molecule has 0 unspecified atom stereocenters.